The second-order valence-corrected chi connectivity index (χ2v) is 13.6. The van der Waals surface area contributed by atoms with Crippen LogP contribution in [0.2, 0.25) is 0 Å². The van der Waals surface area contributed by atoms with E-state index in [1.54, 1.807) is 0 Å². The van der Waals surface area contributed by atoms with Crippen molar-refractivity contribution in [1.82, 2.24) is 0 Å². The molecule has 2 aromatic rings. The topological polar surface area (TPSA) is 35.5 Å². The minimum Gasteiger partial charge on any atom is -0.458 e. The van der Waals surface area contributed by atoms with E-state index in [0.717, 1.165) is 41.3 Å². The number of ether oxygens (including phenoxy) is 2. The molecule has 2 saturated heterocycles. The number of fused-ring (bicyclic) bond motifs is 2. The molecule has 0 aromatic heterocycles. The Hall–Kier alpha value is -1.82. The van der Waals surface area contributed by atoms with Gasteiger partial charge in [0.15, 0.2) is 0 Å². The predicted octanol–water partition coefficient (Wildman–Crippen LogP) is 6.67. The van der Waals surface area contributed by atoms with Crippen LogP contribution in [0.3, 0.4) is 0 Å². The van der Waals surface area contributed by atoms with E-state index in [0.29, 0.717) is 5.94 Å². The molecule has 3 saturated carbocycles. The van der Waals surface area contributed by atoms with Gasteiger partial charge in [-0.15, -0.1) is 11.8 Å². The molecule has 5 fully saturated rings. The van der Waals surface area contributed by atoms with Gasteiger partial charge >= 0.3 is 5.97 Å². The van der Waals surface area contributed by atoms with Gasteiger partial charge in [-0.1, -0.05) is 79.9 Å². The molecule has 0 radical (unpaired) electrons. The molecule has 0 amide bonds. The highest BCUT2D eigenvalue weighted by atomic mass is 32.2. The molecule has 0 N–H and O–H groups in total. The Morgan fingerprint density at radius 2 is 1.53 bits per heavy atom. The second-order valence-electron chi connectivity index (χ2n) is 12.6. The maximum atomic E-state index is 14.5. The van der Waals surface area contributed by atoms with Crippen molar-refractivity contribution in [1.29, 1.82) is 0 Å². The van der Waals surface area contributed by atoms with E-state index in [-0.39, 0.29) is 17.5 Å². The summed E-state index contributed by atoms with van der Waals surface area (Å²) in [6, 6.07) is 21.6. The van der Waals surface area contributed by atoms with Crippen LogP contribution in [0.4, 0.5) is 0 Å². The van der Waals surface area contributed by atoms with Crippen LogP contribution in [0.5, 0.6) is 0 Å². The molecule has 38 heavy (non-hydrogen) atoms. The van der Waals surface area contributed by atoms with Crippen LogP contribution in [-0.4, -0.2) is 53.4 Å². The monoisotopic (exact) mass is 532 g/mol. The van der Waals surface area contributed by atoms with Crippen molar-refractivity contribution in [2.75, 3.05) is 24.8 Å². The second kappa shape index (κ2) is 9.98. The van der Waals surface area contributed by atoms with Crippen LogP contribution >= 0.6 is 11.8 Å². The van der Waals surface area contributed by atoms with Gasteiger partial charge in [-0.2, -0.15) is 0 Å². The number of carbonyl (C=O) groups excluding carboxylic acids is 1. The summed E-state index contributed by atoms with van der Waals surface area (Å²) in [5.74, 6) is 2.13. The molecule has 202 valence electrons. The average molecular weight is 533 g/mol. The van der Waals surface area contributed by atoms with Gasteiger partial charge in [0.05, 0.1) is 19.0 Å². The molecule has 4 nitrogen and oxygen atoms in total. The zero-order valence-electron chi connectivity index (χ0n) is 22.6. The van der Waals surface area contributed by atoms with Crippen molar-refractivity contribution >= 4 is 17.7 Å². The smallest absolute Gasteiger partial charge is 0.348 e. The number of nitrogens with zero attached hydrogens (tertiary/aromatic N) is 1. The number of esters is 1. The molecule has 7 rings (SSSR count). The summed E-state index contributed by atoms with van der Waals surface area (Å²) in [6.45, 7) is 2.69. The minimum absolute atomic E-state index is 0.0355. The first-order chi connectivity index (χ1) is 18.7. The van der Waals surface area contributed by atoms with E-state index in [1.165, 1.54) is 75.4 Å². The summed E-state index contributed by atoms with van der Waals surface area (Å²) in [5.41, 5.74) is 0.732. The number of hydrogen-bond donors (Lipinski definition) is 0. The average Bonchev–Trinajstić information content (AvgIpc) is 3.42. The lowest BCUT2D eigenvalue weighted by molar-refractivity contribution is -1.05. The first kappa shape index (κ1) is 25.2. The van der Waals surface area contributed by atoms with Crippen LogP contribution in [-0.2, 0) is 19.9 Å². The third-order valence-electron chi connectivity index (χ3n) is 11.1. The summed E-state index contributed by atoms with van der Waals surface area (Å²) in [7, 11) is 0. The number of carbonyl (C=O) groups is 1. The lowest BCUT2D eigenvalue weighted by atomic mass is 9.39. The zero-order valence-corrected chi connectivity index (χ0v) is 23.4. The van der Waals surface area contributed by atoms with Crippen molar-refractivity contribution in [3.63, 3.8) is 0 Å². The van der Waals surface area contributed by atoms with Gasteiger partial charge < -0.3 is 14.0 Å². The molecule has 4 atom stereocenters. The summed E-state index contributed by atoms with van der Waals surface area (Å²) >= 11 is 1.84. The van der Waals surface area contributed by atoms with E-state index >= 15 is 0 Å². The fourth-order valence-corrected chi connectivity index (χ4v) is 10.2. The number of piperidine rings is 2. The molecule has 0 bridgehead atoms. The normalized spacial score (nSPS) is 31.4. The maximum absolute atomic E-state index is 14.5. The summed E-state index contributed by atoms with van der Waals surface area (Å²) < 4.78 is 14.7. The molecule has 3 aliphatic carbocycles. The standard InChI is InChI=1S/C33H42NO3S/c35-31(37-30-22-29-32(30)19-18-28(32)34(29)20-10-11-21-34)33(26-14-6-2-7-15-26,27-16-8-3-9-17-27)36-24-38-23-25-12-4-1-5-13-25/h2-3,6-9,14-17,25,28-30H,1,4-5,10-13,18-24H2/q+1. The lowest BCUT2D eigenvalue weighted by Crippen LogP contribution is -2.94. The Morgan fingerprint density at radius 3 is 2.11 bits per heavy atom. The van der Waals surface area contributed by atoms with Crippen LogP contribution < -0.4 is 0 Å². The first-order valence-corrected chi connectivity index (χ1v) is 16.3. The molecular weight excluding hydrogens is 490 g/mol. The predicted molar refractivity (Wildman–Crippen MR) is 152 cm³/mol. The molecule has 2 spiro atoms. The van der Waals surface area contributed by atoms with Gasteiger partial charge in [-0.25, -0.2) is 4.79 Å². The highest BCUT2D eigenvalue weighted by Gasteiger charge is 2.86. The lowest BCUT2D eigenvalue weighted by Gasteiger charge is -2.80. The number of quaternary nitrogens is 1. The Kier molecular flexibility index (Phi) is 6.61. The van der Waals surface area contributed by atoms with Crippen molar-refractivity contribution in [2.45, 2.75) is 88.0 Å². The Bertz CT molecular complexity index is 1080. The Balaban J connectivity index is 1.14. The quantitative estimate of drug-likeness (QED) is 0.156. The summed E-state index contributed by atoms with van der Waals surface area (Å²) in [5, 5.41) is 0. The molecule has 5 aliphatic rings. The van der Waals surface area contributed by atoms with E-state index < -0.39 is 5.60 Å². The van der Waals surface area contributed by atoms with Crippen molar-refractivity contribution < 1.29 is 18.8 Å². The molecular formula is C33H42NO3S+. The third kappa shape index (κ3) is 3.68. The fraction of sp³-hybridized carbons (Fsp3) is 0.606. The van der Waals surface area contributed by atoms with Crippen molar-refractivity contribution in [3.8, 4) is 0 Å². The van der Waals surface area contributed by atoms with Crippen molar-refractivity contribution in [2.24, 2.45) is 11.3 Å². The van der Waals surface area contributed by atoms with Gasteiger partial charge in [-0.05, 0) is 42.1 Å². The summed E-state index contributed by atoms with van der Waals surface area (Å²) in [6.07, 6.45) is 13.0. The maximum Gasteiger partial charge on any atom is 0.348 e. The largest absolute Gasteiger partial charge is 0.458 e. The number of benzene rings is 2. The molecule has 5 heteroatoms. The Morgan fingerprint density at radius 1 is 0.868 bits per heavy atom. The highest BCUT2D eigenvalue weighted by Crippen LogP contribution is 2.73. The van der Waals surface area contributed by atoms with Crippen molar-refractivity contribution in [3.05, 3.63) is 71.8 Å². The molecule has 2 aliphatic heterocycles. The SMILES string of the molecule is O=C(OC1CC2C13CCC3[N+]21CCCC1)C(OCSCC1CCCCC1)(c1ccccc1)c1ccccc1. The van der Waals surface area contributed by atoms with Gasteiger partial charge in [0.1, 0.15) is 23.6 Å². The summed E-state index contributed by atoms with van der Waals surface area (Å²) in [4.78, 5) is 14.5. The van der Waals surface area contributed by atoms with Crippen LogP contribution in [0.25, 0.3) is 0 Å². The first-order valence-electron chi connectivity index (χ1n) is 15.1. The molecule has 2 aromatic carbocycles. The molecule has 4 unspecified atom stereocenters. The van der Waals surface area contributed by atoms with Crippen LogP contribution in [0.15, 0.2) is 60.7 Å². The third-order valence-corrected chi connectivity index (χ3v) is 12.1. The number of rotatable bonds is 9. The van der Waals surface area contributed by atoms with E-state index in [4.69, 9.17) is 9.47 Å². The zero-order chi connectivity index (χ0) is 25.6. The minimum atomic E-state index is -1.24. The van der Waals surface area contributed by atoms with Crippen LogP contribution in [0.1, 0.15) is 75.3 Å². The van der Waals surface area contributed by atoms with Gasteiger partial charge in [0.25, 0.3) is 0 Å². The fourth-order valence-electron chi connectivity index (χ4n) is 9.22. The van der Waals surface area contributed by atoms with Gasteiger partial charge in [0, 0.05) is 25.7 Å². The molecule has 2 heterocycles. The van der Waals surface area contributed by atoms with Gasteiger partial charge in [0.2, 0.25) is 5.60 Å². The Labute approximate surface area is 232 Å². The van der Waals surface area contributed by atoms with Crippen LogP contribution in [0, 0.1) is 11.3 Å². The number of thioether (sulfide) groups is 1. The van der Waals surface area contributed by atoms with E-state index in [2.05, 4.69) is 0 Å². The highest BCUT2D eigenvalue weighted by molar-refractivity contribution is 7.99. The number of hydrogen-bond acceptors (Lipinski definition) is 4. The van der Waals surface area contributed by atoms with E-state index in [1.807, 2.05) is 72.4 Å². The van der Waals surface area contributed by atoms with E-state index in [9.17, 15) is 4.79 Å². The van der Waals surface area contributed by atoms with Gasteiger partial charge in [-0.3, -0.25) is 0 Å².